The van der Waals surface area contributed by atoms with E-state index in [-0.39, 0.29) is 11.5 Å². The van der Waals surface area contributed by atoms with Gasteiger partial charge in [0.1, 0.15) is 5.82 Å². The molecule has 5 rings (SSSR count). The Labute approximate surface area is 202 Å². The molecule has 4 aromatic rings. The molecule has 2 aromatic heterocycles. The molecule has 0 atom stereocenters. The van der Waals surface area contributed by atoms with Crippen LogP contribution in [0.15, 0.2) is 52.6 Å². The van der Waals surface area contributed by atoms with Gasteiger partial charge in [-0.2, -0.15) is 0 Å². The molecule has 0 saturated carbocycles. The van der Waals surface area contributed by atoms with Crippen molar-refractivity contribution in [1.82, 2.24) is 19.9 Å². The second-order valence-electron chi connectivity index (χ2n) is 8.84. The second kappa shape index (κ2) is 9.89. The summed E-state index contributed by atoms with van der Waals surface area (Å²) in [5.41, 5.74) is 4.40. The largest absolute Gasteiger partial charge is 0.352 e. The molecular weight excluding hydrogens is 444 g/mol. The predicted octanol–water partition coefficient (Wildman–Crippen LogP) is 4.92. The van der Waals surface area contributed by atoms with E-state index >= 15 is 0 Å². The van der Waals surface area contributed by atoms with Crippen LogP contribution in [-0.4, -0.2) is 27.0 Å². The summed E-state index contributed by atoms with van der Waals surface area (Å²) in [5, 5.41) is 6.70. The standard InChI is InChI=1S/C27H28N4O2S/c1-18-29-24(17-34-18)20-9-7-19(8-10-20)13-14-28-26(32)21-11-12-22-23(16-21)30-25-6-4-2-3-5-15-31(25)27(22)33/h7-12,16-17H,2-6,13-15H2,1H3,(H,28,32). The van der Waals surface area contributed by atoms with Crippen LogP contribution in [0.1, 0.15) is 52.4 Å². The summed E-state index contributed by atoms with van der Waals surface area (Å²) in [7, 11) is 0. The van der Waals surface area contributed by atoms with Crippen molar-refractivity contribution in [2.75, 3.05) is 6.54 Å². The number of nitrogens with one attached hydrogen (secondary N) is 1. The summed E-state index contributed by atoms with van der Waals surface area (Å²) < 4.78 is 1.82. The molecule has 174 valence electrons. The minimum atomic E-state index is -0.148. The maximum absolute atomic E-state index is 13.0. The number of aryl methyl sites for hydroxylation is 2. The molecule has 1 aliphatic rings. The van der Waals surface area contributed by atoms with E-state index in [0.717, 1.165) is 66.3 Å². The first-order chi connectivity index (χ1) is 16.6. The molecule has 7 heteroatoms. The lowest BCUT2D eigenvalue weighted by atomic mass is 10.1. The van der Waals surface area contributed by atoms with Gasteiger partial charge in [0, 0.05) is 36.0 Å². The van der Waals surface area contributed by atoms with E-state index in [0.29, 0.717) is 23.0 Å². The quantitative estimate of drug-likeness (QED) is 0.447. The van der Waals surface area contributed by atoms with Gasteiger partial charge < -0.3 is 5.32 Å². The Morgan fingerprint density at radius 1 is 1.06 bits per heavy atom. The van der Waals surface area contributed by atoms with E-state index in [2.05, 4.69) is 39.9 Å². The summed E-state index contributed by atoms with van der Waals surface area (Å²) in [6.45, 7) is 3.27. The summed E-state index contributed by atoms with van der Waals surface area (Å²) >= 11 is 1.65. The molecule has 0 fully saturated rings. The molecule has 0 unspecified atom stereocenters. The van der Waals surface area contributed by atoms with E-state index < -0.39 is 0 Å². The lowest BCUT2D eigenvalue weighted by molar-refractivity contribution is 0.0954. The Morgan fingerprint density at radius 2 is 1.88 bits per heavy atom. The second-order valence-corrected chi connectivity index (χ2v) is 9.90. The monoisotopic (exact) mass is 472 g/mol. The number of fused-ring (bicyclic) bond motifs is 2. The topological polar surface area (TPSA) is 76.9 Å². The average Bonchev–Trinajstić information content (AvgIpc) is 3.26. The smallest absolute Gasteiger partial charge is 0.261 e. The van der Waals surface area contributed by atoms with Gasteiger partial charge in [-0.3, -0.25) is 14.2 Å². The molecule has 0 bridgehead atoms. The number of hydrogen-bond acceptors (Lipinski definition) is 5. The Morgan fingerprint density at radius 3 is 2.68 bits per heavy atom. The summed E-state index contributed by atoms with van der Waals surface area (Å²) in [6.07, 6.45) is 5.92. The fraction of sp³-hybridized carbons (Fsp3) is 0.333. The number of rotatable bonds is 5. The van der Waals surface area contributed by atoms with E-state index in [9.17, 15) is 9.59 Å². The molecule has 1 aliphatic heterocycles. The molecule has 0 aliphatic carbocycles. The minimum Gasteiger partial charge on any atom is -0.352 e. The van der Waals surface area contributed by atoms with E-state index in [1.807, 2.05) is 11.5 Å². The zero-order valence-electron chi connectivity index (χ0n) is 19.3. The van der Waals surface area contributed by atoms with Crippen LogP contribution in [0, 0.1) is 6.92 Å². The van der Waals surface area contributed by atoms with Crippen LogP contribution in [0.4, 0.5) is 0 Å². The van der Waals surface area contributed by atoms with Gasteiger partial charge in [0.25, 0.3) is 11.5 Å². The Hall–Kier alpha value is -3.32. The molecule has 0 spiro atoms. The van der Waals surface area contributed by atoms with Gasteiger partial charge in [0.15, 0.2) is 0 Å². The van der Waals surface area contributed by atoms with Crippen LogP contribution in [-0.2, 0) is 19.4 Å². The highest BCUT2D eigenvalue weighted by Crippen LogP contribution is 2.22. The number of carbonyl (C=O) groups excluding carboxylic acids is 1. The molecule has 2 aromatic carbocycles. The van der Waals surface area contributed by atoms with Gasteiger partial charge >= 0.3 is 0 Å². The lowest BCUT2D eigenvalue weighted by Gasteiger charge is -2.16. The Balaban J connectivity index is 1.25. The third-order valence-electron chi connectivity index (χ3n) is 6.40. The summed E-state index contributed by atoms with van der Waals surface area (Å²) in [5.74, 6) is 0.691. The van der Waals surface area contributed by atoms with Crippen LogP contribution < -0.4 is 10.9 Å². The van der Waals surface area contributed by atoms with Crippen molar-refractivity contribution in [1.29, 1.82) is 0 Å². The molecule has 6 nitrogen and oxygen atoms in total. The molecule has 34 heavy (non-hydrogen) atoms. The van der Waals surface area contributed by atoms with Gasteiger partial charge in [0.2, 0.25) is 0 Å². The molecule has 0 saturated heterocycles. The van der Waals surface area contributed by atoms with Gasteiger partial charge in [-0.05, 0) is 49.9 Å². The molecular formula is C27H28N4O2S. The minimum absolute atomic E-state index is 0.00474. The first kappa shape index (κ1) is 22.5. The number of aromatic nitrogens is 3. The van der Waals surface area contributed by atoms with Crippen molar-refractivity contribution in [3.05, 3.63) is 80.2 Å². The van der Waals surface area contributed by atoms with E-state index in [1.165, 1.54) is 6.42 Å². The highest BCUT2D eigenvalue weighted by molar-refractivity contribution is 7.09. The zero-order valence-corrected chi connectivity index (χ0v) is 20.2. The number of nitrogens with zero attached hydrogens (tertiary/aromatic N) is 3. The zero-order chi connectivity index (χ0) is 23.5. The van der Waals surface area contributed by atoms with Gasteiger partial charge in [0.05, 0.1) is 21.6 Å². The third-order valence-corrected chi connectivity index (χ3v) is 7.17. The van der Waals surface area contributed by atoms with Crippen molar-refractivity contribution < 1.29 is 4.79 Å². The number of hydrogen-bond donors (Lipinski definition) is 1. The highest BCUT2D eigenvalue weighted by atomic mass is 32.1. The molecule has 3 heterocycles. The van der Waals surface area contributed by atoms with E-state index in [1.54, 1.807) is 29.5 Å². The van der Waals surface area contributed by atoms with Crippen LogP contribution in [0.5, 0.6) is 0 Å². The molecule has 0 radical (unpaired) electrons. The first-order valence-electron chi connectivity index (χ1n) is 11.9. The maximum Gasteiger partial charge on any atom is 0.261 e. The number of amides is 1. The predicted molar refractivity (Wildman–Crippen MR) is 136 cm³/mol. The Bertz CT molecular complexity index is 1390. The first-order valence-corrected chi connectivity index (χ1v) is 12.8. The SMILES string of the molecule is Cc1nc(-c2ccc(CCNC(=O)c3ccc4c(=O)n5c(nc4c3)CCCCCC5)cc2)cs1. The lowest BCUT2D eigenvalue weighted by Crippen LogP contribution is -2.28. The van der Waals surface area contributed by atoms with Crippen molar-refractivity contribution in [3.8, 4) is 11.3 Å². The fourth-order valence-corrected chi connectivity index (χ4v) is 5.12. The van der Waals surface area contributed by atoms with Gasteiger partial charge in [-0.15, -0.1) is 11.3 Å². The highest BCUT2D eigenvalue weighted by Gasteiger charge is 2.15. The summed E-state index contributed by atoms with van der Waals surface area (Å²) in [4.78, 5) is 35.0. The average molecular weight is 473 g/mol. The normalized spacial score (nSPS) is 13.8. The number of benzene rings is 2. The summed E-state index contributed by atoms with van der Waals surface area (Å²) in [6, 6.07) is 13.5. The van der Waals surface area contributed by atoms with Crippen LogP contribution in [0.25, 0.3) is 22.2 Å². The Kier molecular flexibility index (Phi) is 6.54. The van der Waals surface area contributed by atoms with Crippen LogP contribution in [0.3, 0.4) is 0 Å². The van der Waals surface area contributed by atoms with Gasteiger partial charge in [-0.1, -0.05) is 37.1 Å². The van der Waals surface area contributed by atoms with Crippen LogP contribution in [0.2, 0.25) is 0 Å². The fourth-order valence-electron chi connectivity index (χ4n) is 4.50. The van der Waals surface area contributed by atoms with Crippen LogP contribution >= 0.6 is 11.3 Å². The maximum atomic E-state index is 13.0. The van der Waals surface area contributed by atoms with Crippen molar-refractivity contribution in [2.45, 2.75) is 52.0 Å². The number of thiazole rings is 1. The third kappa shape index (κ3) is 4.80. The van der Waals surface area contributed by atoms with Crippen molar-refractivity contribution in [3.63, 3.8) is 0 Å². The van der Waals surface area contributed by atoms with Crippen molar-refractivity contribution in [2.24, 2.45) is 0 Å². The molecule has 1 amide bonds. The number of carbonyl (C=O) groups is 1. The van der Waals surface area contributed by atoms with Gasteiger partial charge in [-0.25, -0.2) is 9.97 Å². The van der Waals surface area contributed by atoms with Crippen molar-refractivity contribution >= 4 is 28.1 Å². The van der Waals surface area contributed by atoms with E-state index in [4.69, 9.17) is 4.98 Å². The molecule has 1 N–H and O–H groups in total.